The second kappa shape index (κ2) is 2.46. The molecule has 2 rings (SSSR count). The first-order chi connectivity index (χ1) is 5.38. The molecule has 0 fully saturated rings. The molecule has 0 aromatic carbocycles. The zero-order valence-electron chi connectivity index (χ0n) is 6.44. The van der Waals surface area contributed by atoms with E-state index in [4.69, 9.17) is 0 Å². The third-order valence-corrected chi connectivity index (χ3v) is 2.11. The van der Waals surface area contributed by atoms with Gasteiger partial charge in [-0.1, -0.05) is 19.1 Å². The van der Waals surface area contributed by atoms with E-state index in [0.717, 1.165) is 5.70 Å². The van der Waals surface area contributed by atoms with E-state index in [9.17, 15) is 0 Å². The monoisotopic (exact) mass is 146 g/mol. The Morgan fingerprint density at radius 2 is 2.36 bits per heavy atom. The smallest absolute Gasteiger partial charge is 0.115 e. The van der Waals surface area contributed by atoms with Gasteiger partial charge in [0.1, 0.15) is 6.34 Å². The minimum Gasteiger partial charge on any atom is -0.249 e. The van der Waals surface area contributed by atoms with Crippen LogP contribution in [0.3, 0.4) is 0 Å². The Morgan fingerprint density at radius 1 is 1.45 bits per heavy atom. The Bertz CT molecular complexity index is 271. The number of rotatable bonds is 0. The minimum atomic E-state index is 0.407. The maximum Gasteiger partial charge on any atom is 0.115 e. The molecule has 0 radical (unpaired) electrons. The van der Waals surface area contributed by atoms with Gasteiger partial charge in [0.25, 0.3) is 0 Å². The van der Waals surface area contributed by atoms with Crippen LogP contribution in [-0.4, -0.2) is 12.6 Å². The van der Waals surface area contributed by atoms with Crippen LogP contribution >= 0.6 is 0 Å². The number of allylic oxidation sites excluding steroid dienone is 4. The Kier molecular flexibility index (Phi) is 1.46. The van der Waals surface area contributed by atoms with E-state index in [1.54, 1.807) is 6.34 Å². The van der Waals surface area contributed by atoms with Crippen molar-refractivity contribution in [1.82, 2.24) is 0 Å². The standard InChI is InChI=1S/C9H10N2/c1-7-3-2-4-9-8(7)5-10-6-11-9/h2-8H,1H3. The first-order valence-corrected chi connectivity index (χ1v) is 3.82. The summed E-state index contributed by atoms with van der Waals surface area (Å²) in [6, 6.07) is 0. The number of aliphatic imine (C=N–C) groups is 2. The van der Waals surface area contributed by atoms with E-state index in [1.807, 2.05) is 12.3 Å². The van der Waals surface area contributed by atoms with Crippen LogP contribution in [0.2, 0.25) is 0 Å². The number of hydrogen-bond donors (Lipinski definition) is 0. The van der Waals surface area contributed by atoms with Crippen LogP contribution < -0.4 is 0 Å². The topological polar surface area (TPSA) is 24.7 Å². The van der Waals surface area contributed by atoms with E-state index < -0.39 is 0 Å². The summed E-state index contributed by atoms with van der Waals surface area (Å²) in [6.45, 7) is 2.18. The third kappa shape index (κ3) is 1.04. The van der Waals surface area contributed by atoms with E-state index >= 15 is 0 Å². The molecule has 0 amide bonds. The summed E-state index contributed by atoms with van der Waals surface area (Å²) < 4.78 is 0. The number of nitrogens with zero attached hydrogens (tertiary/aromatic N) is 2. The maximum absolute atomic E-state index is 4.19. The molecule has 2 aliphatic rings. The lowest BCUT2D eigenvalue weighted by molar-refractivity contribution is 0.607. The van der Waals surface area contributed by atoms with Crippen LogP contribution in [0.15, 0.2) is 33.9 Å². The molecule has 2 nitrogen and oxygen atoms in total. The molecule has 0 N–H and O–H groups in total. The van der Waals surface area contributed by atoms with Crippen LogP contribution in [0, 0.1) is 11.8 Å². The van der Waals surface area contributed by atoms with Gasteiger partial charge in [0.15, 0.2) is 0 Å². The van der Waals surface area contributed by atoms with Crippen LogP contribution in [0.25, 0.3) is 0 Å². The van der Waals surface area contributed by atoms with Gasteiger partial charge in [-0.3, -0.25) is 0 Å². The van der Waals surface area contributed by atoms with Crippen molar-refractivity contribution in [3.8, 4) is 0 Å². The second-order valence-electron chi connectivity index (χ2n) is 2.90. The highest BCUT2D eigenvalue weighted by Gasteiger charge is 2.20. The highest BCUT2D eigenvalue weighted by molar-refractivity contribution is 5.80. The van der Waals surface area contributed by atoms with E-state index in [2.05, 4.69) is 29.1 Å². The molecule has 0 spiro atoms. The van der Waals surface area contributed by atoms with E-state index in [-0.39, 0.29) is 0 Å². The third-order valence-electron chi connectivity index (χ3n) is 2.11. The molecule has 56 valence electrons. The SMILES string of the molecule is CC1C=CC=C2N=CN=CC21. The lowest BCUT2D eigenvalue weighted by Crippen LogP contribution is -2.17. The number of hydrogen-bond acceptors (Lipinski definition) is 2. The molecule has 2 heteroatoms. The van der Waals surface area contributed by atoms with Crippen molar-refractivity contribution < 1.29 is 0 Å². The summed E-state index contributed by atoms with van der Waals surface area (Å²) in [7, 11) is 0. The Balaban J connectivity index is 2.35. The highest BCUT2D eigenvalue weighted by Crippen LogP contribution is 2.26. The Hall–Kier alpha value is -1.18. The summed E-state index contributed by atoms with van der Waals surface area (Å²) in [5.74, 6) is 0.946. The predicted octanol–water partition coefficient (Wildman–Crippen LogP) is 1.81. The fraction of sp³-hybridized carbons (Fsp3) is 0.333. The molecular formula is C9H10N2. The van der Waals surface area contributed by atoms with Crippen molar-refractivity contribution in [2.24, 2.45) is 21.8 Å². The molecule has 1 aliphatic heterocycles. The average molecular weight is 146 g/mol. The summed E-state index contributed by atoms with van der Waals surface area (Å²) in [4.78, 5) is 8.21. The molecule has 0 aromatic heterocycles. The Labute approximate surface area is 66.1 Å². The molecule has 11 heavy (non-hydrogen) atoms. The lowest BCUT2D eigenvalue weighted by Gasteiger charge is -2.21. The van der Waals surface area contributed by atoms with Crippen LogP contribution in [0.4, 0.5) is 0 Å². The average Bonchev–Trinajstić information content (AvgIpc) is 2.06. The lowest BCUT2D eigenvalue weighted by atomic mass is 9.88. The Morgan fingerprint density at radius 3 is 3.18 bits per heavy atom. The maximum atomic E-state index is 4.19. The van der Waals surface area contributed by atoms with Gasteiger partial charge in [0.05, 0.1) is 5.70 Å². The zero-order valence-corrected chi connectivity index (χ0v) is 6.44. The van der Waals surface area contributed by atoms with Gasteiger partial charge >= 0.3 is 0 Å². The number of fused-ring (bicyclic) bond motifs is 1. The molecule has 2 unspecified atom stereocenters. The van der Waals surface area contributed by atoms with Crippen molar-refractivity contribution >= 4 is 12.6 Å². The molecule has 2 atom stereocenters. The van der Waals surface area contributed by atoms with Gasteiger partial charge in [-0.25, -0.2) is 9.98 Å². The quantitative estimate of drug-likeness (QED) is 0.498. The summed E-state index contributed by atoms with van der Waals surface area (Å²) >= 11 is 0. The fourth-order valence-electron chi connectivity index (χ4n) is 1.40. The van der Waals surface area contributed by atoms with Crippen LogP contribution in [0.1, 0.15) is 6.92 Å². The van der Waals surface area contributed by atoms with Crippen molar-refractivity contribution in [1.29, 1.82) is 0 Å². The van der Waals surface area contributed by atoms with Crippen LogP contribution in [-0.2, 0) is 0 Å². The van der Waals surface area contributed by atoms with Gasteiger partial charge in [-0.2, -0.15) is 0 Å². The zero-order chi connectivity index (χ0) is 7.68. The summed E-state index contributed by atoms with van der Waals surface area (Å²) in [5, 5.41) is 0. The largest absolute Gasteiger partial charge is 0.249 e. The molecule has 0 saturated carbocycles. The van der Waals surface area contributed by atoms with Crippen molar-refractivity contribution in [2.45, 2.75) is 6.92 Å². The van der Waals surface area contributed by atoms with Gasteiger partial charge in [-0.05, 0) is 12.0 Å². The molecule has 0 aromatic rings. The highest BCUT2D eigenvalue weighted by atomic mass is 14.9. The molecule has 0 saturated heterocycles. The van der Waals surface area contributed by atoms with Crippen molar-refractivity contribution in [2.75, 3.05) is 0 Å². The van der Waals surface area contributed by atoms with Gasteiger partial charge in [0.2, 0.25) is 0 Å². The van der Waals surface area contributed by atoms with E-state index in [0.29, 0.717) is 11.8 Å². The summed E-state index contributed by atoms with van der Waals surface area (Å²) in [6.07, 6.45) is 9.86. The predicted molar refractivity (Wildman–Crippen MR) is 46.9 cm³/mol. The minimum absolute atomic E-state index is 0.407. The van der Waals surface area contributed by atoms with Gasteiger partial charge in [0, 0.05) is 12.1 Å². The first-order valence-electron chi connectivity index (χ1n) is 3.82. The van der Waals surface area contributed by atoms with E-state index in [1.165, 1.54) is 0 Å². The van der Waals surface area contributed by atoms with Crippen LogP contribution in [0.5, 0.6) is 0 Å². The van der Waals surface area contributed by atoms with Crippen molar-refractivity contribution in [3.05, 3.63) is 23.9 Å². The molecule has 1 aliphatic carbocycles. The molecular weight excluding hydrogens is 136 g/mol. The second-order valence-corrected chi connectivity index (χ2v) is 2.90. The molecule has 1 heterocycles. The fourth-order valence-corrected chi connectivity index (χ4v) is 1.40. The first kappa shape index (κ1) is 6.53. The normalized spacial score (nSPS) is 33.4. The van der Waals surface area contributed by atoms with Gasteiger partial charge < -0.3 is 0 Å². The van der Waals surface area contributed by atoms with Gasteiger partial charge in [-0.15, -0.1) is 0 Å². The van der Waals surface area contributed by atoms with Crippen molar-refractivity contribution in [3.63, 3.8) is 0 Å². The summed E-state index contributed by atoms with van der Waals surface area (Å²) in [5.41, 5.74) is 1.13. The molecule has 0 bridgehead atoms.